The number of nitrogens with one attached hydrogen (secondary N) is 2. The topological polar surface area (TPSA) is 61.4 Å². The zero-order chi connectivity index (χ0) is 22.5. The van der Waals surface area contributed by atoms with Crippen LogP contribution >= 0.6 is 0 Å². The number of nitrogens with zero attached hydrogens (tertiary/aromatic N) is 1. The molecule has 0 fully saturated rings. The van der Waals surface area contributed by atoms with Crippen molar-refractivity contribution >= 4 is 17.5 Å². The molecular formula is C26H35N3O2. The van der Waals surface area contributed by atoms with Crippen LogP contribution in [0.15, 0.2) is 30.3 Å². The van der Waals surface area contributed by atoms with Crippen LogP contribution in [0.25, 0.3) is 0 Å². The Balaban J connectivity index is 1.50. The molecule has 2 N–H and O–H groups in total. The number of amides is 2. The predicted octanol–water partition coefficient (Wildman–Crippen LogP) is 4.24. The predicted molar refractivity (Wildman–Crippen MR) is 126 cm³/mol. The number of hydrogen-bond acceptors (Lipinski definition) is 3. The fourth-order valence-electron chi connectivity index (χ4n) is 4.50. The highest BCUT2D eigenvalue weighted by Gasteiger charge is 2.17. The second-order valence-electron chi connectivity index (χ2n) is 9.02. The largest absolute Gasteiger partial charge is 0.348 e. The molecule has 0 aliphatic heterocycles. The third kappa shape index (κ3) is 6.17. The molecule has 2 amide bonds. The van der Waals surface area contributed by atoms with Gasteiger partial charge in [0.15, 0.2) is 0 Å². The average Bonchev–Trinajstić information content (AvgIpc) is 2.70. The SMILES string of the molecule is Cc1cc(C)c(NC(=O)CN(C)CC(=O)NC(C)c2ccc3c(c2)CCCC3)c(C)c1. The number of carbonyl (C=O) groups excluding carboxylic acids is 2. The summed E-state index contributed by atoms with van der Waals surface area (Å²) in [7, 11) is 1.79. The van der Waals surface area contributed by atoms with E-state index in [-0.39, 0.29) is 30.9 Å². The van der Waals surface area contributed by atoms with Crippen LogP contribution < -0.4 is 10.6 Å². The Morgan fingerprint density at radius 1 is 0.935 bits per heavy atom. The number of aryl methyl sites for hydroxylation is 5. The molecule has 3 rings (SSSR count). The summed E-state index contributed by atoms with van der Waals surface area (Å²) in [6, 6.07) is 10.6. The molecule has 1 aliphatic carbocycles. The van der Waals surface area contributed by atoms with Gasteiger partial charge >= 0.3 is 0 Å². The standard InChI is InChI=1S/C26H35N3O2/c1-17-12-18(2)26(19(3)13-17)28-25(31)16-29(5)15-24(30)27-20(4)22-11-10-21-8-6-7-9-23(21)14-22/h10-14,20H,6-9,15-16H2,1-5H3,(H,27,30)(H,28,31). The molecule has 31 heavy (non-hydrogen) atoms. The van der Waals surface area contributed by atoms with Gasteiger partial charge in [-0.1, -0.05) is 35.9 Å². The molecular weight excluding hydrogens is 386 g/mol. The molecule has 0 heterocycles. The normalized spacial score (nSPS) is 14.1. The van der Waals surface area contributed by atoms with Gasteiger partial charge in [0.2, 0.25) is 11.8 Å². The molecule has 0 radical (unpaired) electrons. The quantitative estimate of drug-likeness (QED) is 0.703. The number of rotatable bonds is 7. The van der Waals surface area contributed by atoms with Crippen molar-refractivity contribution in [2.45, 2.75) is 59.4 Å². The van der Waals surface area contributed by atoms with Gasteiger partial charge in [0.1, 0.15) is 0 Å². The van der Waals surface area contributed by atoms with Crippen LogP contribution in [0.2, 0.25) is 0 Å². The summed E-state index contributed by atoms with van der Waals surface area (Å²) in [4.78, 5) is 26.8. The number of hydrogen-bond donors (Lipinski definition) is 2. The van der Waals surface area contributed by atoms with Crippen LogP contribution in [-0.2, 0) is 22.4 Å². The average molecular weight is 422 g/mol. The van der Waals surface area contributed by atoms with Crippen molar-refractivity contribution in [1.29, 1.82) is 0 Å². The summed E-state index contributed by atoms with van der Waals surface area (Å²) in [5.74, 6) is -0.198. The smallest absolute Gasteiger partial charge is 0.238 e. The van der Waals surface area contributed by atoms with Crippen LogP contribution in [0.5, 0.6) is 0 Å². The molecule has 2 aromatic rings. The number of anilines is 1. The van der Waals surface area contributed by atoms with Crippen molar-refractivity contribution in [1.82, 2.24) is 10.2 Å². The Kier molecular flexibility index (Phi) is 7.50. The lowest BCUT2D eigenvalue weighted by Gasteiger charge is -2.22. The number of carbonyl (C=O) groups is 2. The van der Waals surface area contributed by atoms with Gasteiger partial charge in [0, 0.05) is 5.69 Å². The van der Waals surface area contributed by atoms with E-state index in [1.807, 2.05) is 27.7 Å². The van der Waals surface area contributed by atoms with Crippen LogP contribution in [0.3, 0.4) is 0 Å². The van der Waals surface area contributed by atoms with Crippen molar-refractivity contribution in [3.8, 4) is 0 Å². The van der Waals surface area contributed by atoms with Gasteiger partial charge in [0.05, 0.1) is 19.1 Å². The van der Waals surface area contributed by atoms with Crippen LogP contribution in [0.4, 0.5) is 5.69 Å². The number of fused-ring (bicyclic) bond motifs is 1. The Bertz CT molecular complexity index is 944. The number of likely N-dealkylation sites (N-methyl/N-ethyl adjacent to an activating group) is 1. The van der Waals surface area contributed by atoms with Crippen molar-refractivity contribution < 1.29 is 9.59 Å². The third-order valence-electron chi connectivity index (χ3n) is 6.02. The summed E-state index contributed by atoms with van der Waals surface area (Å²) >= 11 is 0. The second kappa shape index (κ2) is 10.1. The summed E-state index contributed by atoms with van der Waals surface area (Å²) in [6.07, 6.45) is 4.79. The number of benzene rings is 2. The van der Waals surface area contributed by atoms with E-state index in [0.717, 1.165) is 35.2 Å². The maximum Gasteiger partial charge on any atom is 0.238 e. The van der Waals surface area contributed by atoms with E-state index in [9.17, 15) is 9.59 Å². The van der Waals surface area contributed by atoms with Gasteiger partial charge in [-0.05, 0) is 88.2 Å². The highest BCUT2D eigenvalue weighted by Crippen LogP contribution is 2.25. The minimum absolute atomic E-state index is 0.0557. The Morgan fingerprint density at radius 3 is 2.23 bits per heavy atom. The summed E-state index contributed by atoms with van der Waals surface area (Å²) in [6.45, 7) is 8.38. The lowest BCUT2D eigenvalue weighted by atomic mass is 9.89. The van der Waals surface area contributed by atoms with Crippen molar-refractivity contribution in [3.63, 3.8) is 0 Å². The first-order valence-corrected chi connectivity index (χ1v) is 11.2. The molecule has 0 saturated heterocycles. The first-order valence-electron chi connectivity index (χ1n) is 11.2. The minimum atomic E-state index is -0.118. The van der Waals surface area contributed by atoms with E-state index in [1.165, 1.54) is 29.5 Å². The fourth-order valence-corrected chi connectivity index (χ4v) is 4.50. The van der Waals surface area contributed by atoms with Gasteiger partial charge in [-0.25, -0.2) is 0 Å². The summed E-state index contributed by atoms with van der Waals surface area (Å²) < 4.78 is 0. The van der Waals surface area contributed by atoms with Gasteiger partial charge < -0.3 is 10.6 Å². The van der Waals surface area contributed by atoms with E-state index < -0.39 is 0 Å². The molecule has 5 nitrogen and oxygen atoms in total. The summed E-state index contributed by atoms with van der Waals surface area (Å²) in [5.41, 5.74) is 8.12. The van der Waals surface area contributed by atoms with Crippen LogP contribution in [-0.4, -0.2) is 36.9 Å². The van der Waals surface area contributed by atoms with Gasteiger partial charge in [-0.15, -0.1) is 0 Å². The second-order valence-corrected chi connectivity index (χ2v) is 9.02. The van der Waals surface area contributed by atoms with E-state index >= 15 is 0 Å². The van der Waals surface area contributed by atoms with E-state index in [4.69, 9.17) is 0 Å². The van der Waals surface area contributed by atoms with Crippen molar-refractivity contribution in [2.75, 3.05) is 25.5 Å². The molecule has 0 aromatic heterocycles. The van der Waals surface area contributed by atoms with Crippen LogP contribution in [0.1, 0.15) is 59.2 Å². The van der Waals surface area contributed by atoms with Gasteiger partial charge in [-0.2, -0.15) is 0 Å². The molecule has 1 unspecified atom stereocenters. The zero-order valence-corrected chi connectivity index (χ0v) is 19.5. The van der Waals surface area contributed by atoms with E-state index in [2.05, 4.69) is 41.0 Å². The summed E-state index contributed by atoms with van der Waals surface area (Å²) in [5, 5.41) is 6.06. The monoisotopic (exact) mass is 421 g/mol. The molecule has 5 heteroatoms. The maximum atomic E-state index is 12.5. The van der Waals surface area contributed by atoms with Crippen molar-refractivity contribution in [2.24, 2.45) is 0 Å². The lowest BCUT2D eigenvalue weighted by Crippen LogP contribution is -2.39. The highest BCUT2D eigenvalue weighted by molar-refractivity contribution is 5.94. The van der Waals surface area contributed by atoms with Gasteiger partial charge in [0.25, 0.3) is 0 Å². The maximum absolute atomic E-state index is 12.5. The van der Waals surface area contributed by atoms with Crippen LogP contribution in [0, 0.1) is 20.8 Å². The van der Waals surface area contributed by atoms with E-state index in [0.29, 0.717) is 0 Å². The highest BCUT2D eigenvalue weighted by atomic mass is 16.2. The van der Waals surface area contributed by atoms with Gasteiger partial charge in [-0.3, -0.25) is 14.5 Å². The Hall–Kier alpha value is -2.66. The third-order valence-corrected chi connectivity index (χ3v) is 6.02. The zero-order valence-electron chi connectivity index (χ0n) is 19.5. The molecule has 1 atom stereocenters. The van der Waals surface area contributed by atoms with E-state index in [1.54, 1.807) is 11.9 Å². The minimum Gasteiger partial charge on any atom is -0.348 e. The van der Waals surface area contributed by atoms with Crippen molar-refractivity contribution in [3.05, 3.63) is 63.7 Å². The Labute approximate surface area is 186 Å². The molecule has 0 saturated carbocycles. The molecule has 0 bridgehead atoms. The molecule has 0 spiro atoms. The first-order chi connectivity index (χ1) is 14.7. The molecule has 166 valence electrons. The Morgan fingerprint density at radius 2 is 1.55 bits per heavy atom. The lowest BCUT2D eigenvalue weighted by molar-refractivity contribution is -0.123. The fraction of sp³-hybridized carbons (Fsp3) is 0.462. The molecule has 1 aliphatic rings. The molecule has 2 aromatic carbocycles. The first kappa shape index (κ1) is 23.0.